The van der Waals surface area contributed by atoms with Crippen LogP contribution in [0.15, 0.2) is 36.5 Å². The monoisotopic (exact) mass is 429 g/mol. The number of hydrogen-bond donors (Lipinski definition) is 2. The first-order chi connectivity index (χ1) is 14.4. The number of fused-ring (bicyclic) bond motifs is 1. The minimum Gasteiger partial charge on any atom is -0.497 e. The van der Waals surface area contributed by atoms with E-state index in [1.54, 1.807) is 13.2 Å². The van der Waals surface area contributed by atoms with E-state index in [4.69, 9.17) is 16.3 Å². The number of nitrogens with zero attached hydrogens (tertiary/aromatic N) is 4. The molecule has 0 radical (unpaired) electrons. The van der Waals surface area contributed by atoms with Crippen LogP contribution in [-0.4, -0.2) is 52.9 Å². The highest BCUT2D eigenvalue weighted by atomic mass is 35.5. The molecule has 1 aliphatic carbocycles. The van der Waals surface area contributed by atoms with Crippen molar-refractivity contribution < 1.29 is 14.6 Å². The SMILES string of the molecule is COc1ccc(CN(C)c2cc(Cl)nn3c(C(=O)NCC4(CO)CC4)cnc23)cc1. The molecule has 0 atom stereocenters. The summed E-state index contributed by atoms with van der Waals surface area (Å²) in [5.74, 6) is 0.509. The minimum atomic E-state index is -0.291. The van der Waals surface area contributed by atoms with Crippen LogP contribution in [0, 0.1) is 5.41 Å². The van der Waals surface area contributed by atoms with Crippen LogP contribution in [0.3, 0.4) is 0 Å². The molecule has 1 amide bonds. The Balaban J connectivity index is 1.57. The van der Waals surface area contributed by atoms with E-state index in [1.165, 1.54) is 10.7 Å². The van der Waals surface area contributed by atoms with E-state index in [-0.39, 0.29) is 23.1 Å². The van der Waals surface area contributed by atoms with Gasteiger partial charge in [0.2, 0.25) is 0 Å². The summed E-state index contributed by atoms with van der Waals surface area (Å²) in [4.78, 5) is 19.1. The number of aliphatic hydroxyl groups excluding tert-OH is 1. The highest BCUT2D eigenvalue weighted by Crippen LogP contribution is 2.44. The van der Waals surface area contributed by atoms with E-state index < -0.39 is 0 Å². The second kappa shape index (κ2) is 8.12. The van der Waals surface area contributed by atoms with Crippen LogP contribution in [0.5, 0.6) is 5.75 Å². The van der Waals surface area contributed by atoms with Gasteiger partial charge in [-0.05, 0) is 30.5 Å². The molecule has 2 aromatic heterocycles. The topological polar surface area (TPSA) is 92.0 Å². The lowest BCUT2D eigenvalue weighted by atomic mass is 10.1. The predicted octanol–water partition coefficient (Wildman–Crippen LogP) is 2.53. The molecule has 2 N–H and O–H groups in total. The van der Waals surface area contributed by atoms with Crippen molar-refractivity contribution in [3.8, 4) is 5.75 Å². The number of ether oxygens (including phenoxy) is 1. The van der Waals surface area contributed by atoms with Crippen LogP contribution >= 0.6 is 11.6 Å². The van der Waals surface area contributed by atoms with Crippen LogP contribution < -0.4 is 15.0 Å². The number of aliphatic hydroxyl groups is 1. The van der Waals surface area contributed by atoms with Crippen molar-refractivity contribution in [1.29, 1.82) is 0 Å². The summed E-state index contributed by atoms with van der Waals surface area (Å²) >= 11 is 6.26. The van der Waals surface area contributed by atoms with Crippen LogP contribution in [0.2, 0.25) is 5.15 Å². The fraction of sp³-hybridized carbons (Fsp3) is 0.381. The fourth-order valence-corrected chi connectivity index (χ4v) is 3.55. The van der Waals surface area contributed by atoms with Crippen molar-refractivity contribution in [2.75, 3.05) is 32.2 Å². The molecule has 0 unspecified atom stereocenters. The number of rotatable bonds is 8. The Kier molecular flexibility index (Phi) is 5.53. The zero-order chi connectivity index (χ0) is 21.3. The second-order valence-electron chi connectivity index (χ2n) is 7.78. The smallest absolute Gasteiger partial charge is 0.271 e. The van der Waals surface area contributed by atoms with Gasteiger partial charge in [-0.1, -0.05) is 23.7 Å². The maximum atomic E-state index is 12.7. The largest absolute Gasteiger partial charge is 0.497 e. The first-order valence-corrected chi connectivity index (χ1v) is 10.1. The number of hydrogen-bond acceptors (Lipinski definition) is 6. The summed E-state index contributed by atoms with van der Waals surface area (Å²) in [5, 5.41) is 16.9. The molecule has 0 aliphatic heterocycles. The zero-order valence-corrected chi connectivity index (χ0v) is 17.7. The van der Waals surface area contributed by atoms with Gasteiger partial charge in [0, 0.05) is 31.6 Å². The van der Waals surface area contributed by atoms with Gasteiger partial charge >= 0.3 is 0 Å². The second-order valence-corrected chi connectivity index (χ2v) is 8.16. The number of carbonyl (C=O) groups excluding carboxylic acids is 1. The van der Waals surface area contributed by atoms with Gasteiger partial charge in [-0.2, -0.15) is 5.10 Å². The van der Waals surface area contributed by atoms with Gasteiger partial charge in [-0.3, -0.25) is 4.79 Å². The van der Waals surface area contributed by atoms with E-state index in [1.807, 2.05) is 36.2 Å². The number of imidazole rings is 1. The Bertz CT molecular complexity index is 1060. The molecule has 30 heavy (non-hydrogen) atoms. The molecule has 8 nitrogen and oxygen atoms in total. The standard InChI is InChI=1S/C21H24ClN5O3/c1-26(11-14-3-5-15(30-2)6-4-14)16-9-18(22)25-27-17(10-23-19(16)27)20(29)24-12-21(13-28)7-8-21/h3-6,9-10,28H,7-8,11-13H2,1-2H3,(H,24,29). The summed E-state index contributed by atoms with van der Waals surface area (Å²) in [6.07, 6.45) is 3.33. The molecule has 158 valence electrons. The molecule has 9 heteroatoms. The molecule has 1 aliphatic rings. The van der Waals surface area contributed by atoms with E-state index in [0.29, 0.717) is 24.4 Å². The molecule has 0 spiro atoms. The lowest BCUT2D eigenvalue weighted by Crippen LogP contribution is -2.32. The molecule has 0 bridgehead atoms. The van der Waals surface area contributed by atoms with Gasteiger partial charge in [-0.25, -0.2) is 9.50 Å². The maximum Gasteiger partial charge on any atom is 0.271 e. The lowest BCUT2D eigenvalue weighted by molar-refractivity contribution is 0.0928. The molecular weight excluding hydrogens is 406 g/mol. The van der Waals surface area contributed by atoms with Crippen molar-refractivity contribution in [3.63, 3.8) is 0 Å². The Labute approximate surface area is 179 Å². The number of aromatic nitrogens is 3. The Morgan fingerprint density at radius 3 is 2.73 bits per heavy atom. The van der Waals surface area contributed by atoms with Crippen LogP contribution in [0.1, 0.15) is 28.9 Å². The van der Waals surface area contributed by atoms with Crippen molar-refractivity contribution in [2.45, 2.75) is 19.4 Å². The zero-order valence-electron chi connectivity index (χ0n) is 16.9. The van der Waals surface area contributed by atoms with Gasteiger partial charge in [0.1, 0.15) is 5.75 Å². The number of carbonyl (C=O) groups is 1. The quantitative estimate of drug-likeness (QED) is 0.571. The van der Waals surface area contributed by atoms with Gasteiger partial charge in [0.05, 0.1) is 25.6 Å². The summed E-state index contributed by atoms with van der Waals surface area (Å²) in [6, 6.07) is 9.55. The highest BCUT2D eigenvalue weighted by molar-refractivity contribution is 6.29. The summed E-state index contributed by atoms with van der Waals surface area (Å²) in [7, 11) is 3.57. The molecular formula is C21H24ClN5O3. The van der Waals surface area contributed by atoms with E-state index in [9.17, 15) is 9.90 Å². The normalized spacial score (nSPS) is 14.5. The summed E-state index contributed by atoms with van der Waals surface area (Å²) in [5.41, 5.74) is 2.53. The van der Waals surface area contributed by atoms with Crippen molar-refractivity contribution in [1.82, 2.24) is 19.9 Å². The number of halogens is 1. The Morgan fingerprint density at radius 2 is 2.10 bits per heavy atom. The van der Waals surface area contributed by atoms with Crippen molar-refractivity contribution >= 4 is 28.8 Å². The Hall–Kier alpha value is -2.84. The van der Waals surface area contributed by atoms with Crippen LogP contribution in [-0.2, 0) is 6.54 Å². The molecule has 3 aromatic rings. The number of nitrogens with one attached hydrogen (secondary N) is 1. The van der Waals surface area contributed by atoms with Gasteiger partial charge in [-0.15, -0.1) is 0 Å². The van der Waals surface area contributed by atoms with Gasteiger partial charge in [0.25, 0.3) is 5.91 Å². The van der Waals surface area contributed by atoms with Crippen molar-refractivity contribution in [3.05, 3.63) is 52.9 Å². The van der Waals surface area contributed by atoms with Gasteiger partial charge in [0.15, 0.2) is 16.5 Å². The maximum absolute atomic E-state index is 12.7. The molecule has 4 rings (SSSR count). The number of anilines is 1. The van der Waals surface area contributed by atoms with E-state index >= 15 is 0 Å². The highest BCUT2D eigenvalue weighted by Gasteiger charge is 2.42. The summed E-state index contributed by atoms with van der Waals surface area (Å²) in [6.45, 7) is 1.12. The average molecular weight is 430 g/mol. The average Bonchev–Trinajstić information content (AvgIpc) is 3.42. The fourth-order valence-electron chi connectivity index (χ4n) is 3.37. The van der Waals surface area contributed by atoms with E-state index in [2.05, 4.69) is 15.4 Å². The first-order valence-electron chi connectivity index (χ1n) is 9.72. The molecule has 1 aromatic carbocycles. The third kappa shape index (κ3) is 4.06. The number of methoxy groups -OCH3 is 1. The van der Waals surface area contributed by atoms with Crippen LogP contribution in [0.25, 0.3) is 5.65 Å². The molecule has 1 saturated carbocycles. The van der Waals surface area contributed by atoms with Crippen molar-refractivity contribution in [2.24, 2.45) is 5.41 Å². The lowest BCUT2D eigenvalue weighted by Gasteiger charge is -2.20. The molecule has 1 fully saturated rings. The Morgan fingerprint density at radius 1 is 1.37 bits per heavy atom. The summed E-state index contributed by atoms with van der Waals surface area (Å²) < 4.78 is 6.67. The molecule has 0 saturated heterocycles. The third-order valence-electron chi connectivity index (χ3n) is 5.56. The van der Waals surface area contributed by atoms with E-state index in [0.717, 1.165) is 29.8 Å². The first kappa shape index (κ1) is 20.4. The molecule has 2 heterocycles. The minimum absolute atomic E-state index is 0.0742. The van der Waals surface area contributed by atoms with Crippen LogP contribution in [0.4, 0.5) is 5.69 Å². The number of amides is 1. The third-order valence-corrected chi connectivity index (χ3v) is 5.74. The van der Waals surface area contributed by atoms with Gasteiger partial charge < -0.3 is 20.1 Å². The number of benzene rings is 1. The predicted molar refractivity (Wildman–Crippen MR) is 114 cm³/mol.